The van der Waals surface area contributed by atoms with Gasteiger partial charge in [0.1, 0.15) is 0 Å². The van der Waals surface area contributed by atoms with E-state index in [1.54, 1.807) is 0 Å². The first-order chi connectivity index (χ1) is 8.83. The number of unbranched alkanes of at least 4 members (excludes halogenated alkanes) is 1. The van der Waals surface area contributed by atoms with Gasteiger partial charge in [0, 0.05) is 0 Å². The third-order valence-electron chi connectivity index (χ3n) is 3.22. The summed E-state index contributed by atoms with van der Waals surface area (Å²) in [5.74, 6) is 0. The molecule has 0 fully saturated rings. The second-order valence-corrected chi connectivity index (χ2v) is 5.01. The number of hydrogen-bond acceptors (Lipinski definition) is 0. The highest BCUT2D eigenvalue weighted by Gasteiger charge is 2.13. The highest BCUT2D eigenvalue weighted by Crippen LogP contribution is 2.31. The lowest BCUT2D eigenvalue weighted by molar-refractivity contribution is 0.787. The van der Waals surface area contributed by atoms with Crippen LogP contribution in [-0.2, 0) is 6.42 Å². The standard InChI is InChI=1S/C17H19Cl/c1-2-3-9-14-10-7-8-13-16(14)17(18)15-11-5-4-6-12-15/h4-8,10-13,17H,2-3,9H2,1H3/t17-/m0/s1. The van der Waals surface area contributed by atoms with Gasteiger partial charge in [0.15, 0.2) is 0 Å². The zero-order valence-corrected chi connectivity index (χ0v) is 11.5. The Bertz CT molecular complexity index is 476. The average Bonchev–Trinajstić information content (AvgIpc) is 2.45. The summed E-state index contributed by atoms with van der Waals surface area (Å²) < 4.78 is 0. The predicted octanol–water partition coefficient (Wildman–Crippen LogP) is 5.36. The minimum Gasteiger partial charge on any atom is -0.113 e. The number of aryl methyl sites for hydroxylation is 1. The zero-order chi connectivity index (χ0) is 12.8. The van der Waals surface area contributed by atoms with E-state index in [1.165, 1.54) is 29.5 Å². The SMILES string of the molecule is CCCCc1ccccc1[C@@H](Cl)c1ccccc1. The molecule has 18 heavy (non-hydrogen) atoms. The number of halogens is 1. The molecule has 0 saturated heterocycles. The third kappa shape index (κ3) is 3.14. The molecule has 0 amide bonds. The van der Waals surface area contributed by atoms with Crippen LogP contribution in [0.3, 0.4) is 0 Å². The van der Waals surface area contributed by atoms with Crippen LogP contribution in [-0.4, -0.2) is 0 Å². The van der Waals surface area contributed by atoms with Crippen LogP contribution in [0.5, 0.6) is 0 Å². The first-order valence-corrected chi connectivity index (χ1v) is 7.03. The van der Waals surface area contributed by atoms with Crippen LogP contribution in [0.25, 0.3) is 0 Å². The Kier molecular flexibility index (Phi) is 4.83. The number of hydrogen-bond donors (Lipinski definition) is 0. The Morgan fingerprint density at radius 3 is 2.33 bits per heavy atom. The van der Waals surface area contributed by atoms with Crippen LogP contribution < -0.4 is 0 Å². The smallest absolute Gasteiger partial charge is 0.0838 e. The number of rotatable bonds is 5. The van der Waals surface area contributed by atoms with E-state index < -0.39 is 0 Å². The molecule has 0 nitrogen and oxygen atoms in total. The summed E-state index contributed by atoms with van der Waals surface area (Å²) in [6.07, 6.45) is 3.55. The second-order valence-electron chi connectivity index (χ2n) is 4.58. The van der Waals surface area contributed by atoms with Gasteiger partial charge < -0.3 is 0 Å². The molecule has 0 spiro atoms. The molecule has 0 saturated carbocycles. The van der Waals surface area contributed by atoms with E-state index in [0.717, 1.165) is 6.42 Å². The van der Waals surface area contributed by atoms with Gasteiger partial charge in [-0.3, -0.25) is 0 Å². The van der Waals surface area contributed by atoms with Gasteiger partial charge in [-0.2, -0.15) is 0 Å². The molecular weight excluding hydrogens is 240 g/mol. The lowest BCUT2D eigenvalue weighted by Crippen LogP contribution is -1.99. The summed E-state index contributed by atoms with van der Waals surface area (Å²) >= 11 is 6.62. The van der Waals surface area contributed by atoms with E-state index in [9.17, 15) is 0 Å². The molecule has 2 aromatic carbocycles. The number of benzene rings is 2. The number of alkyl halides is 1. The highest BCUT2D eigenvalue weighted by molar-refractivity contribution is 6.22. The zero-order valence-electron chi connectivity index (χ0n) is 10.8. The summed E-state index contributed by atoms with van der Waals surface area (Å²) in [4.78, 5) is 0. The van der Waals surface area contributed by atoms with Gasteiger partial charge in [-0.1, -0.05) is 67.9 Å². The lowest BCUT2D eigenvalue weighted by Gasteiger charge is -2.15. The van der Waals surface area contributed by atoms with Crippen molar-refractivity contribution in [2.45, 2.75) is 31.6 Å². The van der Waals surface area contributed by atoms with E-state index >= 15 is 0 Å². The molecule has 1 atom stereocenters. The molecule has 0 unspecified atom stereocenters. The maximum atomic E-state index is 6.62. The first-order valence-electron chi connectivity index (χ1n) is 6.59. The molecule has 94 valence electrons. The molecule has 0 heterocycles. The van der Waals surface area contributed by atoms with E-state index in [2.05, 4.69) is 43.3 Å². The molecule has 0 aliphatic carbocycles. The minimum absolute atomic E-state index is 0.0424. The Labute approximate surface area is 115 Å². The van der Waals surface area contributed by atoms with Gasteiger partial charge in [-0.05, 0) is 29.5 Å². The van der Waals surface area contributed by atoms with Crippen molar-refractivity contribution in [3.8, 4) is 0 Å². The Balaban J connectivity index is 2.27. The summed E-state index contributed by atoms with van der Waals surface area (Å²) in [5.41, 5.74) is 3.80. The quantitative estimate of drug-likeness (QED) is 0.634. The summed E-state index contributed by atoms with van der Waals surface area (Å²) in [6, 6.07) is 18.8. The van der Waals surface area contributed by atoms with Gasteiger partial charge >= 0.3 is 0 Å². The molecule has 0 aromatic heterocycles. The fourth-order valence-corrected chi connectivity index (χ4v) is 2.54. The van der Waals surface area contributed by atoms with Crippen molar-refractivity contribution in [2.75, 3.05) is 0 Å². The summed E-state index contributed by atoms with van der Waals surface area (Å²) in [7, 11) is 0. The van der Waals surface area contributed by atoms with Crippen LogP contribution in [0, 0.1) is 0 Å². The van der Waals surface area contributed by atoms with Crippen LogP contribution in [0.1, 0.15) is 41.8 Å². The Morgan fingerprint density at radius 2 is 1.61 bits per heavy atom. The van der Waals surface area contributed by atoms with Gasteiger partial charge in [0.05, 0.1) is 5.38 Å². The average molecular weight is 259 g/mol. The van der Waals surface area contributed by atoms with E-state index in [1.807, 2.05) is 18.2 Å². The van der Waals surface area contributed by atoms with Crippen molar-refractivity contribution in [3.63, 3.8) is 0 Å². The van der Waals surface area contributed by atoms with Gasteiger partial charge in [0.25, 0.3) is 0 Å². The fourth-order valence-electron chi connectivity index (χ4n) is 2.18. The van der Waals surface area contributed by atoms with Crippen molar-refractivity contribution in [1.29, 1.82) is 0 Å². The molecule has 0 aliphatic rings. The minimum atomic E-state index is -0.0424. The third-order valence-corrected chi connectivity index (χ3v) is 3.71. The van der Waals surface area contributed by atoms with Gasteiger partial charge in [0.2, 0.25) is 0 Å². The topological polar surface area (TPSA) is 0 Å². The Morgan fingerprint density at radius 1 is 0.944 bits per heavy atom. The van der Waals surface area contributed by atoms with Crippen molar-refractivity contribution in [2.24, 2.45) is 0 Å². The summed E-state index contributed by atoms with van der Waals surface area (Å²) in [5, 5.41) is -0.0424. The van der Waals surface area contributed by atoms with E-state index in [0.29, 0.717) is 0 Å². The maximum absolute atomic E-state index is 6.62. The normalized spacial score (nSPS) is 12.3. The van der Waals surface area contributed by atoms with Crippen molar-refractivity contribution >= 4 is 11.6 Å². The first kappa shape index (κ1) is 13.2. The van der Waals surface area contributed by atoms with Crippen LogP contribution in [0.4, 0.5) is 0 Å². The molecule has 0 N–H and O–H groups in total. The Hall–Kier alpha value is -1.27. The molecule has 2 aromatic rings. The van der Waals surface area contributed by atoms with Crippen molar-refractivity contribution in [3.05, 3.63) is 71.3 Å². The van der Waals surface area contributed by atoms with Crippen molar-refractivity contribution < 1.29 is 0 Å². The van der Waals surface area contributed by atoms with Crippen LogP contribution in [0.2, 0.25) is 0 Å². The monoisotopic (exact) mass is 258 g/mol. The largest absolute Gasteiger partial charge is 0.113 e. The second kappa shape index (κ2) is 6.61. The summed E-state index contributed by atoms with van der Waals surface area (Å²) in [6.45, 7) is 2.22. The van der Waals surface area contributed by atoms with E-state index in [-0.39, 0.29) is 5.38 Å². The molecule has 2 rings (SSSR count). The van der Waals surface area contributed by atoms with E-state index in [4.69, 9.17) is 11.6 Å². The lowest BCUT2D eigenvalue weighted by atomic mass is 9.96. The molecule has 1 heteroatoms. The maximum Gasteiger partial charge on any atom is 0.0838 e. The molecule has 0 radical (unpaired) electrons. The highest BCUT2D eigenvalue weighted by atomic mass is 35.5. The van der Waals surface area contributed by atoms with Gasteiger partial charge in [-0.25, -0.2) is 0 Å². The van der Waals surface area contributed by atoms with Crippen molar-refractivity contribution in [1.82, 2.24) is 0 Å². The molecule has 0 bridgehead atoms. The molecular formula is C17H19Cl. The fraction of sp³-hybridized carbons (Fsp3) is 0.294. The van der Waals surface area contributed by atoms with Crippen LogP contribution >= 0.6 is 11.6 Å². The molecule has 0 aliphatic heterocycles. The van der Waals surface area contributed by atoms with Crippen LogP contribution in [0.15, 0.2) is 54.6 Å². The van der Waals surface area contributed by atoms with Gasteiger partial charge in [-0.15, -0.1) is 11.6 Å². The predicted molar refractivity (Wildman–Crippen MR) is 79.2 cm³/mol.